The number of fused-ring (bicyclic) bond motifs is 1. The van der Waals surface area contributed by atoms with Crippen molar-refractivity contribution in [3.63, 3.8) is 0 Å². The molecule has 7 nitrogen and oxygen atoms in total. The van der Waals surface area contributed by atoms with Crippen molar-refractivity contribution in [2.75, 3.05) is 0 Å². The second-order valence-electron chi connectivity index (χ2n) is 6.59. The third kappa shape index (κ3) is 2.77. The van der Waals surface area contributed by atoms with Gasteiger partial charge in [0.2, 0.25) is 11.7 Å². The summed E-state index contributed by atoms with van der Waals surface area (Å²) in [7, 11) is 0. The van der Waals surface area contributed by atoms with Gasteiger partial charge in [-0.15, -0.1) is 0 Å². The predicted molar refractivity (Wildman–Crippen MR) is 106 cm³/mol. The molecule has 4 aromatic heterocycles. The fourth-order valence-electron chi connectivity index (χ4n) is 3.27. The van der Waals surface area contributed by atoms with Crippen molar-refractivity contribution < 1.29 is 4.52 Å². The zero-order valence-corrected chi connectivity index (χ0v) is 15.6. The van der Waals surface area contributed by atoms with Crippen LogP contribution in [0.2, 0.25) is 0 Å². The normalized spacial score (nSPS) is 11.4. The Morgan fingerprint density at radius 2 is 1.79 bits per heavy atom. The molecule has 4 heterocycles. The molecular weight excluding hydrogens is 352 g/mol. The summed E-state index contributed by atoms with van der Waals surface area (Å²) in [5.74, 6) is 1.15. The van der Waals surface area contributed by atoms with Gasteiger partial charge in [-0.05, 0) is 24.6 Å². The van der Waals surface area contributed by atoms with E-state index < -0.39 is 0 Å². The van der Waals surface area contributed by atoms with E-state index in [-0.39, 0.29) is 0 Å². The summed E-state index contributed by atoms with van der Waals surface area (Å²) >= 11 is 0. The Balaban J connectivity index is 1.49. The highest BCUT2D eigenvalue weighted by Gasteiger charge is 2.10. The van der Waals surface area contributed by atoms with Crippen LogP contribution in [-0.2, 0) is 6.54 Å². The lowest BCUT2D eigenvalue weighted by atomic mass is 10.1. The molecule has 0 atom stereocenters. The maximum Gasteiger partial charge on any atom is 0.223 e. The van der Waals surface area contributed by atoms with Gasteiger partial charge in [-0.1, -0.05) is 29.4 Å². The van der Waals surface area contributed by atoms with E-state index in [9.17, 15) is 0 Å². The summed E-state index contributed by atoms with van der Waals surface area (Å²) in [6.07, 6.45) is 7.88. The molecule has 28 heavy (non-hydrogen) atoms. The number of hydrogen-bond donors (Lipinski definition) is 0. The minimum Gasteiger partial charge on any atom is -0.339 e. The molecular formula is C21H18N6O. The first-order valence-electron chi connectivity index (χ1n) is 9.12. The van der Waals surface area contributed by atoms with E-state index in [0.29, 0.717) is 11.7 Å². The summed E-state index contributed by atoms with van der Waals surface area (Å²) < 4.78 is 9.06. The van der Waals surface area contributed by atoms with Crippen molar-refractivity contribution in [3.05, 3.63) is 67.1 Å². The number of benzene rings is 1. The van der Waals surface area contributed by atoms with Crippen LogP contribution in [0.15, 0.2) is 65.7 Å². The molecule has 5 aromatic rings. The molecule has 0 spiro atoms. The van der Waals surface area contributed by atoms with Crippen molar-refractivity contribution in [3.8, 4) is 33.8 Å². The highest BCUT2D eigenvalue weighted by molar-refractivity contribution is 5.71. The monoisotopic (exact) mass is 370 g/mol. The SMILES string of the molecule is CCn1cc(-c2ccn3c(-c4ccc(-c5noc(C)n5)cc4)cnc3c2)cn1. The van der Waals surface area contributed by atoms with Crippen LogP contribution in [0.3, 0.4) is 0 Å². The maximum atomic E-state index is 5.05. The van der Waals surface area contributed by atoms with E-state index in [4.69, 9.17) is 4.52 Å². The molecule has 7 heteroatoms. The fourth-order valence-corrected chi connectivity index (χ4v) is 3.27. The molecule has 0 amide bonds. The van der Waals surface area contributed by atoms with Crippen molar-refractivity contribution in [2.45, 2.75) is 20.4 Å². The van der Waals surface area contributed by atoms with Crippen LogP contribution in [0.1, 0.15) is 12.8 Å². The standard InChI is InChI=1S/C21H18N6O/c1-3-26-13-18(11-23-26)17-8-9-27-19(12-22-20(27)10-17)15-4-6-16(7-5-15)21-24-14(2)28-25-21/h4-13H,3H2,1-2H3. The zero-order chi connectivity index (χ0) is 19.1. The predicted octanol–water partition coefficient (Wildman–Crippen LogP) is 4.24. The number of hydrogen-bond acceptors (Lipinski definition) is 5. The number of rotatable bonds is 4. The zero-order valence-electron chi connectivity index (χ0n) is 15.6. The minimum absolute atomic E-state index is 0.557. The highest BCUT2D eigenvalue weighted by Crippen LogP contribution is 2.26. The van der Waals surface area contributed by atoms with Gasteiger partial charge in [-0.25, -0.2) is 4.98 Å². The Kier molecular flexibility index (Phi) is 3.79. The molecule has 0 unspecified atom stereocenters. The first kappa shape index (κ1) is 16.4. The van der Waals surface area contributed by atoms with E-state index in [1.807, 2.05) is 53.7 Å². The van der Waals surface area contributed by atoms with Crippen molar-refractivity contribution in [1.29, 1.82) is 0 Å². The smallest absolute Gasteiger partial charge is 0.223 e. The van der Waals surface area contributed by atoms with Gasteiger partial charge in [-0.3, -0.25) is 9.08 Å². The number of aryl methyl sites for hydroxylation is 2. The Bertz CT molecular complexity index is 1260. The van der Waals surface area contributed by atoms with Crippen LogP contribution < -0.4 is 0 Å². The summed E-state index contributed by atoms with van der Waals surface area (Å²) in [6.45, 7) is 4.71. The van der Waals surface area contributed by atoms with Gasteiger partial charge < -0.3 is 4.52 Å². The van der Waals surface area contributed by atoms with Crippen LogP contribution >= 0.6 is 0 Å². The Hall–Kier alpha value is -3.74. The number of aromatic nitrogens is 6. The quantitative estimate of drug-likeness (QED) is 0.473. The molecule has 0 aliphatic rings. The molecule has 0 saturated heterocycles. The number of nitrogens with zero attached hydrogens (tertiary/aromatic N) is 6. The highest BCUT2D eigenvalue weighted by atomic mass is 16.5. The van der Waals surface area contributed by atoms with Gasteiger partial charge in [-0.2, -0.15) is 10.1 Å². The Morgan fingerprint density at radius 3 is 2.50 bits per heavy atom. The number of imidazole rings is 1. The minimum atomic E-state index is 0.557. The van der Waals surface area contributed by atoms with Crippen molar-refractivity contribution in [2.24, 2.45) is 0 Å². The van der Waals surface area contributed by atoms with Crippen LogP contribution in [0.5, 0.6) is 0 Å². The van der Waals surface area contributed by atoms with Gasteiger partial charge >= 0.3 is 0 Å². The summed E-state index contributed by atoms with van der Waals surface area (Å²) in [4.78, 5) is 8.86. The molecule has 0 aliphatic heterocycles. The Morgan fingerprint density at radius 1 is 0.964 bits per heavy atom. The van der Waals surface area contributed by atoms with Crippen LogP contribution in [0.25, 0.3) is 39.4 Å². The largest absolute Gasteiger partial charge is 0.339 e. The first-order valence-corrected chi connectivity index (χ1v) is 9.12. The van der Waals surface area contributed by atoms with Crippen LogP contribution in [0.4, 0.5) is 0 Å². The average molecular weight is 370 g/mol. The maximum absolute atomic E-state index is 5.05. The molecule has 0 aliphatic carbocycles. The molecule has 0 saturated carbocycles. The third-order valence-corrected chi connectivity index (χ3v) is 4.77. The molecule has 0 fully saturated rings. The third-order valence-electron chi connectivity index (χ3n) is 4.77. The lowest BCUT2D eigenvalue weighted by Crippen LogP contribution is -1.92. The summed E-state index contributed by atoms with van der Waals surface area (Å²) in [5.41, 5.74) is 6.12. The van der Waals surface area contributed by atoms with Crippen LogP contribution in [-0.4, -0.2) is 29.3 Å². The fraction of sp³-hybridized carbons (Fsp3) is 0.143. The molecule has 138 valence electrons. The molecule has 0 bridgehead atoms. The average Bonchev–Trinajstić information content (AvgIpc) is 3.47. The topological polar surface area (TPSA) is 74.0 Å². The van der Waals surface area contributed by atoms with E-state index >= 15 is 0 Å². The van der Waals surface area contributed by atoms with Gasteiger partial charge in [0.25, 0.3) is 0 Å². The van der Waals surface area contributed by atoms with Crippen molar-refractivity contribution in [1.82, 2.24) is 29.3 Å². The summed E-state index contributed by atoms with van der Waals surface area (Å²) in [6, 6.07) is 12.2. The van der Waals surface area contributed by atoms with E-state index in [1.54, 1.807) is 6.92 Å². The second kappa shape index (κ2) is 6.45. The lowest BCUT2D eigenvalue weighted by Gasteiger charge is -2.04. The van der Waals surface area contributed by atoms with Gasteiger partial charge in [0.15, 0.2) is 0 Å². The van der Waals surface area contributed by atoms with Gasteiger partial charge in [0.05, 0.1) is 18.1 Å². The first-order chi connectivity index (χ1) is 13.7. The molecule has 5 rings (SSSR count). The van der Waals surface area contributed by atoms with E-state index in [0.717, 1.165) is 40.1 Å². The molecule has 1 aromatic carbocycles. The number of pyridine rings is 1. The van der Waals surface area contributed by atoms with Gasteiger partial charge in [0, 0.05) is 42.6 Å². The Labute approximate surface area is 161 Å². The lowest BCUT2D eigenvalue weighted by molar-refractivity contribution is 0.394. The molecule has 0 N–H and O–H groups in total. The summed E-state index contributed by atoms with van der Waals surface area (Å²) in [5, 5.41) is 8.32. The van der Waals surface area contributed by atoms with Crippen LogP contribution in [0, 0.1) is 6.92 Å². The second-order valence-corrected chi connectivity index (χ2v) is 6.59. The van der Waals surface area contributed by atoms with Crippen molar-refractivity contribution >= 4 is 5.65 Å². The van der Waals surface area contributed by atoms with E-state index in [2.05, 4.69) is 43.7 Å². The van der Waals surface area contributed by atoms with Gasteiger partial charge in [0.1, 0.15) is 5.65 Å². The molecule has 0 radical (unpaired) electrons. The van der Waals surface area contributed by atoms with E-state index in [1.165, 1.54) is 0 Å².